The first-order chi connectivity index (χ1) is 11.2. The largest absolute Gasteiger partial charge is 0.508 e. The lowest BCUT2D eigenvalue weighted by atomic mass is 9.97. The van der Waals surface area contributed by atoms with Gasteiger partial charge in [0.2, 0.25) is 0 Å². The molecule has 1 N–H and O–H groups in total. The molecule has 3 nitrogen and oxygen atoms in total. The van der Waals surface area contributed by atoms with Crippen molar-refractivity contribution in [2.24, 2.45) is 0 Å². The van der Waals surface area contributed by atoms with Crippen LogP contribution in [0.5, 0.6) is 5.75 Å². The number of ether oxygens (including phenoxy) is 1. The lowest BCUT2D eigenvalue weighted by molar-refractivity contribution is 0.0672. The number of rotatable bonds is 2. The minimum absolute atomic E-state index is 0.143. The molecule has 1 unspecified atom stereocenters. The summed E-state index contributed by atoms with van der Waals surface area (Å²) in [6, 6.07) is 14.4. The summed E-state index contributed by atoms with van der Waals surface area (Å²) in [5.41, 5.74) is 5.16. The highest BCUT2D eigenvalue weighted by molar-refractivity contribution is 5.52. The van der Waals surface area contributed by atoms with E-state index in [0.717, 1.165) is 24.7 Å². The van der Waals surface area contributed by atoms with Crippen LogP contribution in [-0.4, -0.2) is 18.3 Å². The Morgan fingerprint density at radius 2 is 2.00 bits per heavy atom. The Kier molecular flexibility index (Phi) is 3.74. The van der Waals surface area contributed by atoms with Crippen LogP contribution >= 0.6 is 0 Å². The van der Waals surface area contributed by atoms with Gasteiger partial charge in [0.1, 0.15) is 5.75 Å². The highest BCUT2D eigenvalue weighted by atomic mass is 16.5. The molecule has 0 saturated heterocycles. The van der Waals surface area contributed by atoms with Crippen LogP contribution in [-0.2, 0) is 11.3 Å². The summed E-state index contributed by atoms with van der Waals surface area (Å²) in [4.78, 5) is 2.29. The van der Waals surface area contributed by atoms with E-state index in [9.17, 15) is 5.11 Å². The van der Waals surface area contributed by atoms with Crippen LogP contribution in [0.25, 0.3) is 0 Å². The number of hydrogen-bond acceptors (Lipinski definition) is 3. The number of phenols is 1. The van der Waals surface area contributed by atoms with Gasteiger partial charge in [0, 0.05) is 24.8 Å². The molecule has 23 heavy (non-hydrogen) atoms. The third-order valence-electron chi connectivity index (χ3n) is 4.94. The van der Waals surface area contributed by atoms with Gasteiger partial charge in [-0.05, 0) is 54.5 Å². The molecule has 4 rings (SSSR count). The summed E-state index contributed by atoms with van der Waals surface area (Å²) in [6.45, 7) is 4.54. The Morgan fingerprint density at radius 1 is 1.13 bits per heavy atom. The minimum atomic E-state index is 0.143. The van der Waals surface area contributed by atoms with Gasteiger partial charge in [-0.1, -0.05) is 24.3 Å². The van der Waals surface area contributed by atoms with Crippen LogP contribution in [0.1, 0.15) is 48.5 Å². The Morgan fingerprint density at radius 3 is 2.78 bits per heavy atom. The maximum atomic E-state index is 9.77. The Balaban J connectivity index is 1.69. The number of benzene rings is 2. The van der Waals surface area contributed by atoms with E-state index in [2.05, 4.69) is 36.1 Å². The van der Waals surface area contributed by atoms with Crippen LogP contribution in [0.3, 0.4) is 0 Å². The average molecular weight is 309 g/mol. The summed E-state index contributed by atoms with van der Waals surface area (Å²) in [5.74, 6) is 1.07. The fraction of sp³-hybridized carbons (Fsp3) is 0.400. The minimum Gasteiger partial charge on any atom is -0.508 e. The van der Waals surface area contributed by atoms with Crippen molar-refractivity contribution >= 4 is 5.69 Å². The SMILES string of the molecule is CC1OCCN(c2cccc(O)c2)Cc2cc(C3CC3)ccc21. The Labute approximate surface area is 137 Å². The maximum absolute atomic E-state index is 9.77. The first-order valence-electron chi connectivity index (χ1n) is 8.49. The Hall–Kier alpha value is -2.00. The molecule has 1 saturated carbocycles. The number of anilines is 1. The quantitative estimate of drug-likeness (QED) is 0.894. The second kappa shape index (κ2) is 5.89. The van der Waals surface area contributed by atoms with Gasteiger partial charge in [0.15, 0.2) is 0 Å². The predicted octanol–water partition coefficient (Wildman–Crippen LogP) is 4.37. The van der Waals surface area contributed by atoms with E-state index in [0.29, 0.717) is 12.4 Å². The van der Waals surface area contributed by atoms with Gasteiger partial charge in [0.25, 0.3) is 0 Å². The molecule has 2 aromatic rings. The van der Waals surface area contributed by atoms with Crippen LogP contribution in [0.15, 0.2) is 42.5 Å². The maximum Gasteiger partial charge on any atom is 0.117 e. The lowest BCUT2D eigenvalue weighted by Crippen LogP contribution is -2.30. The van der Waals surface area contributed by atoms with Crippen molar-refractivity contribution in [3.63, 3.8) is 0 Å². The van der Waals surface area contributed by atoms with Crippen LogP contribution in [0, 0.1) is 0 Å². The molecule has 0 radical (unpaired) electrons. The fourth-order valence-electron chi connectivity index (χ4n) is 3.45. The molecule has 3 heteroatoms. The molecule has 1 fully saturated rings. The Bertz CT molecular complexity index is 709. The van der Waals surface area contributed by atoms with E-state index < -0.39 is 0 Å². The van der Waals surface area contributed by atoms with Gasteiger partial charge in [-0.25, -0.2) is 0 Å². The van der Waals surface area contributed by atoms with E-state index >= 15 is 0 Å². The second-order valence-corrected chi connectivity index (χ2v) is 6.69. The van der Waals surface area contributed by atoms with Crippen LogP contribution < -0.4 is 4.90 Å². The normalized spacial score (nSPS) is 21.4. The molecule has 1 heterocycles. The molecule has 2 aliphatic rings. The summed E-state index contributed by atoms with van der Waals surface area (Å²) >= 11 is 0. The monoisotopic (exact) mass is 309 g/mol. The fourth-order valence-corrected chi connectivity index (χ4v) is 3.45. The topological polar surface area (TPSA) is 32.7 Å². The first-order valence-corrected chi connectivity index (χ1v) is 8.49. The average Bonchev–Trinajstić information content (AvgIpc) is 3.36. The van der Waals surface area contributed by atoms with Crippen molar-refractivity contribution in [3.8, 4) is 5.75 Å². The van der Waals surface area contributed by atoms with Gasteiger partial charge in [-0.15, -0.1) is 0 Å². The number of fused-ring (bicyclic) bond motifs is 1. The van der Waals surface area contributed by atoms with Crippen molar-refractivity contribution in [1.29, 1.82) is 0 Å². The van der Waals surface area contributed by atoms with Gasteiger partial charge in [-0.3, -0.25) is 0 Å². The zero-order valence-corrected chi connectivity index (χ0v) is 13.5. The molecule has 1 atom stereocenters. The van der Waals surface area contributed by atoms with Gasteiger partial charge < -0.3 is 14.7 Å². The van der Waals surface area contributed by atoms with Crippen molar-refractivity contribution in [2.45, 2.75) is 38.3 Å². The summed E-state index contributed by atoms with van der Waals surface area (Å²) in [5, 5.41) is 9.77. The van der Waals surface area contributed by atoms with Crippen molar-refractivity contribution in [3.05, 3.63) is 59.2 Å². The van der Waals surface area contributed by atoms with E-state index in [1.807, 2.05) is 12.1 Å². The summed E-state index contributed by atoms with van der Waals surface area (Å²) in [6.07, 6.45) is 2.78. The summed E-state index contributed by atoms with van der Waals surface area (Å²) in [7, 11) is 0. The van der Waals surface area contributed by atoms with Crippen LogP contribution in [0.2, 0.25) is 0 Å². The van der Waals surface area contributed by atoms with Crippen LogP contribution in [0.4, 0.5) is 5.69 Å². The third-order valence-corrected chi connectivity index (χ3v) is 4.94. The third kappa shape index (κ3) is 3.06. The molecule has 0 aromatic heterocycles. The van der Waals surface area contributed by atoms with Crippen molar-refractivity contribution < 1.29 is 9.84 Å². The number of nitrogens with zero attached hydrogens (tertiary/aromatic N) is 1. The molecule has 1 aliphatic heterocycles. The standard InChI is InChI=1S/C20H23NO2/c1-14-20-8-7-16(15-5-6-15)11-17(20)13-21(9-10-23-14)18-3-2-4-19(22)12-18/h2-4,7-8,11-12,14-15,22H,5-6,9-10,13H2,1H3. The molecule has 120 valence electrons. The molecule has 1 aliphatic carbocycles. The smallest absolute Gasteiger partial charge is 0.117 e. The number of phenolic OH excluding ortho intramolecular Hbond substituents is 1. The molecule has 0 amide bonds. The molecule has 0 spiro atoms. The zero-order chi connectivity index (χ0) is 15.8. The van der Waals surface area contributed by atoms with Gasteiger partial charge in [0.05, 0.1) is 12.7 Å². The number of aromatic hydroxyl groups is 1. The first kappa shape index (κ1) is 14.6. The van der Waals surface area contributed by atoms with Crippen molar-refractivity contribution in [2.75, 3.05) is 18.1 Å². The van der Waals surface area contributed by atoms with Gasteiger partial charge >= 0.3 is 0 Å². The van der Waals surface area contributed by atoms with Crippen molar-refractivity contribution in [1.82, 2.24) is 0 Å². The second-order valence-electron chi connectivity index (χ2n) is 6.69. The number of hydrogen-bond donors (Lipinski definition) is 1. The van der Waals surface area contributed by atoms with E-state index in [4.69, 9.17) is 4.74 Å². The molecular formula is C20H23NO2. The highest BCUT2D eigenvalue weighted by Crippen LogP contribution is 2.41. The molecule has 0 bridgehead atoms. The van der Waals surface area contributed by atoms with Gasteiger partial charge in [-0.2, -0.15) is 0 Å². The predicted molar refractivity (Wildman–Crippen MR) is 91.9 cm³/mol. The van der Waals surface area contributed by atoms with E-state index in [-0.39, 0.29) is 6.10 Å². The zero-order valence-electron chi connectivity index (χ0n) is 13.5. The lowest BCUT2D eigenvalue weighted by Gasteiger charge is -2.31. The highest BCUT2D eigenvalue weighted by Gasteiger charge is 2.26. The summed E-state index contributed by atoms with van der Waals surface area (Å²) < 4.78 is 6.00. The van der Waals surface area contributed by atoms with E-state index in [1.54, 1.807) is 6.07 Å². The van der Waals surface area contributed by atoms with E-state index in [1.165, 1.54) is 29.5 Å². The molecule has 2 aromatic carbocycles. The molecular weight excluding hydrogens is 286 g/mol.